The van der Waals surface area contributed by atoms with E-state index < -0.39 is 0 Å². The summed E-state index contributed by atoms with van der Waals surface area (Å²) in [4.78, 5) is 4.88. The highest BCUT2D eigenvalue weighted by molar-refractivity contribution is 5.22. The van der Waals surface area contributed by atoms with E-state index in [1.165, 1.54) is 50.2 Å². The molecule has 2 aliphatic rings. The predicted molar refractivity (Wildman–Crippen MR) is 70.1 cm³/mol. The molecule has 17 heavy (non-hydrogen) atoms. The number of aryl methyl sites for hydroxylation is 2. The minimum atomic E-state index is 0.815. The summed E-state index contributed by atoms with van der Waals surface area (Å²) in [6, 6.07) is 0. The Morgan fingerprint density at radius 1 is 1.24 bits per heavy atom. The van der Waals surface area contributed by atoms with Gasteiger partial charge in [-0.05, 0) is 43.4 Å². The lowest BCUT2D eigenvalue weighted by atomic mass is 9.82. The van der Waals surface area contributed by atoms with Crippen molar-refractivity contribution in [1.29, 1.82) is 0 Å². The van der Waals surface area contributed by atoms with E-state index in [1.807, 2.05) is 0 Å². The summed E-state index contributed by atoms with van der Waals surface area (Å²) in [7, 11) is 0. The van der Waals surface area contributed by atoms with Crippen LogP contribution in [0.5, 0.6) is 0 Å². The van der Waals surface area contributed by atoms with Crippen LogP contribution in [-0.4, -0.2) is 9.55 Å². The largest absolute Gasteiger partial charge is 0.331 e. The van der Waals surface area contributed by atoms with Crippen molar-refractivity contribution in [2.45, 2.75) is 59.4 Å². The maximum atomic E-state index is 4.88. The first kappa shape index (κ1) is 11.3. The first-order chi connectivity index (χ1) is 8.15. The molecule has 2 heteroatoms. The highest BCUT2D eigenvalue weighted by Gasteiger charge is 2.29. The lowest BCUT2D eigenvalue weighted by Gasteiger charge is -2.28. The maximum Gasteiger partial charge on any atom is 0.109 e. The molecule has 0 saturated heterocycles. The lowest BCUT2D eigenvalue weighted by molar-refractivity contribution is 0.322. The Labute approximate surface area is 104 Å². The Bertz CT molecular complexity index is 417. The van der Waals surface area contributed by atoms with Gasteiger partial charge in [0.1, 0.15) is 5.82 Å². The minimum Gasteiger partial charge on any atom is -0.331 e. The number of hydrogen-bond acceptors (Lipinski definition) is 1. The highest BCUT2D eigenvalue weighted by atomic mass is 15.1. The first-order valence-electron chi connectivity index (χ1n) is 7.22. The van der Waals surface area contributed by atoms with Crippen molar-refractivity contribution in [3.63, 3.8) is 0 Å². The SMILES string of the molecule is CC1CCc2nc3c(n2C1)CC(C(C)C)CC3. The molecule has 0 N–H and O–H groups in total. The fourth-order valence-corrected chi connectivity index (χ4v) is 3.45. The van der Waals surface area contributed by atoms with Gasteiger partial charge < -0.3 is 4.57 Å². The number of rotatable bonds is 1. The zero-order chi connectivity index (χ0) is 12.0. The molecule has 2 atom stereocenters. The van der Waals surface area contributed by atoms with Gasteiger partial charge in [-0.15, -0.1) is 0 Å². The number of imidazole rings is 1. The molecule has 1 aromatic rings. The molecule has 0 spiro atoms. The molecule has 0 bridgehead atoms. The van der Waals surface area contributed by atoms with E-state index in [1.54, 1.807) is 5.69 Å². The van der Waals surface area contributed by atoms with E-state index in [4.69, 9.17) is 4.98 Å². The van der Waals surface area contributed by atoms with E-state index in [0.717, 1.165) is 17.8 Å². The quantitative estimate of drug-likeness (QED) is 0.727. The van der Waals surface area contributed by atoms with Gasteiger partial charge in [0.05, 0.1) is 5.69 Å². The van der Waals surface area contributed by atoms with Crippen molar-refractivity contribution in [2.24, 2.45) is 17.8 Å². The van der Waals surface area contributed by atoms with Crippen LogP contribution in [0.3, 0.4) is 0 Å². The minimum absolute atomic E-state index is 0.815. The monoisotopic (exact) mass is 232 g/mol. The third kappa shape index (κ3) is 1.92. The summed E-state index contributed by atoms with van der Waals surface area (Å²) in [6.07, 6.45) is 6.35. The summed E-state index contributed by atoms with van der Waals surface area (Å²) in [5, 5.41) is 0. The molecule has 0 saturated carbocycles. The van der Waals surface area contributed by atoms with Gasteiger partial charge >= 0.3 is 0 Å². The molecule has 1 aliphatic heterocycles. The maximum absolute atomic E-state index is 4.88. The van der Waals surface area contributed by atoms with Gasteiger partial charge in [0.2, 0.25) is 0 Å². The first-order valence-corrected chi connectivity index (χ1v) is 7.22. The Morgan fingerprint density at radius 2 is 2.06 bits per heavy atom. The van der Waals surface area contributed by atoms with E-state index >= 15 is 0 Å². The standard InChI is InChI=1S/C15H24N2/c1-10(2)12-5-6-13-14(8-12)17-9-11(3)4-7-15(17)16-13/h10-12H,4-9H2,1-3H3. The summed E-state index contributed by atoms with van der Waals surface area (Å²) < 4.78 is 2.55. The second-order valence-corrected chi connectivity index (χ2v) is 6.42. The topological polar surface area (TPSA) is 17.8 Å². The average Bonchev–Trinajstić information content (AvgIpc) is 2.66. The Hall–Kier alpha value is -0.790. The van der Waals surface area contributed by atoms with Gasteiger partial charge in [0.25, 0.3) is 0 Å². The molecule has 2 heterocycles. The second-order valence-electron chi connectivity index (χ2n) is 6.42. The molecule has 0 amide bonds. The molecule has 0 fully saturated rings. The van der Waals surface area contributed by atoms with Crippen molar-refractivity contribution in [3.8, 4) is 0 Å². The van der Waals surface area contributed by atoms with Gasteiger partial charge in [0, 0.05) is 18.7 Å². The molecule has 0 radical (unpaired) electrons. The Morgan fingerprint density at radius 3 is 2.82 bits per heavy atom. The number of nitrogens with zero attached hydrogens (tertiary/aromatic N) is 2. The molecule has 1 aliphatic carbocycles. The average molecular weight is 232 g/mol. The Balaban J connectivity index is 1.93. The van der Waals surface area contributed by atoms with Crippen LogP contribution in [0.1, 0.15) is 50.8 Å². The van der Waals surface area contributed by atoms with Crippen LogP contribution in [0.4, 0.5) is 0 Å². The zero-order valence-electron chi connectivity index (χ0n) is 11.4. The third-order valence-corrected chi connectivity index (χ3v) is 4.74. The van der Waals surface area contributed by atoms with E-state index in [0.29, 0.717) is 0 Å². The summed E-state index contributed by atoms with van der Waals surface area (Å²) in [5.41, 5.74) is 3.00. The second kappa shape index (κ2) is 4.15. The molecular formula is C15H24N2. The third-order valence-electron chi connectivity index (χ3n) is 4.74. The van der Waals surface area contributed by atoms with Crippen molar-refractivity contribution < 1.29 is 0 Å². The van der Waals surface area contributed by atoms with Crippen molar-refractivity contribution in [1.82, 2.24) is 9.55 Å². The zero-order valence-corrected chi connectivity index (χ0v) is 11.4. The number of aromatic nitrogens is 2. The van der Waals surface area contributed by atoms with E-state index in [2.05, 4.69) is 25.3 Å². The number of hydrogen-bond donors (Lipinski definition) is 0. The van der Waals surface area contributed by atoms with Gasteiger partial charge in [-0.25, -0.2) is 4.98 Å². The van der Waals surface area contributed by atoms with Crippen LogP contribution >= 0.6 is 0 Å². The van der Waals surface area contributed by atoms with Crippen LogP contribution in [-0.2, 0) is 25.8 Å². The van der Waals surface area contributed by atoms with Crippen LogP contribution in [0, 0.1) is 17.8 Å². The van der Waals surface area contributed by atoms with E-state index in [9.17, 15) is 0 Å². The van der Waals surface area contributed by atoms with Crippen LogP contribution in [0.2, 0.25) is 0 Å². The molecule has 3 rings (SSSR count). The predicted octanol–water partition coefficient (Wildman–Crippen LogP) is 3.23. The highest BCUT2D eigenvalue weighted by Crippen LogP contribution is 2.33. The fourth-order valence-electron chi connectivity index (χ4n) is 3.45. The van der Waals surface area contributed by atoms with Gasteiger partial charge in [-0.2, -0.15) is 0 Å². The smallest absolute Gasteiger partial charge is 0.109 e. The fraction of sp³-hybridized carbons (Fsp3) is 0.800. The molecule has 2 nitrogen and oxygen atoms in total. The number of fused-ring (bicyclic) bond motifs is 3. The Kier molecular flexibility index (Phi) is 2.76. The van der Waals surface area contributed by atoms with E-state index in [-0.39, 0.29) is 0 Å². The van der Waals surface area contributed by atoms with Crippen LogP contribution < -0.4 is 0 Å². The summed E-state index contributed by atoms with van der Waals surface area (Å²) in [5.74, 6) is 3.90. The van der Waals surface area contributed by atoms with Gasteiger partial charge in [-0.3, -0.25) is 0 Å². The van der Waals surface area contributed by atoms with Crippen molar-refractivity contribution in [2.75, 3.05) is 0 Å². The molecule has 2 unspecified atom stereocenters. The summed E-state index contributed by atoms with van der Waals surface area (Å²) >= 11 is 0. The van der Waals surface area contributed by atoms with Crippen LogP contribution in [0.25, 0.3) is 0 Å². The normalized spacial score (nSPS) is 28.0. The van der Waals surface area contributed by atoms with Crippen molar-refractivity contribution in [3.05, 3.63) is 17.2 Å². The van der Waals surface area contributed by atoms with Crippen molar-refractivity contribution >= 4 is 0 Å². The van der Waals surface area contributed by atoms with Gasteiger partial charge in [0.15, 0.2) is 0 Å². The molecule has 94 valence electrons. The molecule has 0 aromatic carbocycles. The lowest BCUT2D eigenvalue weighted by Crippen LogP contribution is -2.24. The van der Waals surface area contributed by atoms with Gasteiger partial charge in [-0.1, -0.05) is 20.8 Å². The molecular weight excluding hydrogens is 208 g/mol. The van der Waals surface area contributed by atoms with Crippen LogP contribution in [0.15, 0.2) is 0 Å². The molecule has 1 aromatic heterocycles. The summed E-state index contributed by atoms with van der Waals surface area (Å²) in [6.45, 7) is 8.32.